The summed E-state index contributed by atoms with van der Waals surface area (Å²) in [5.41, 5.74) is 0.906. The van der Waals surface area contributed by atoms with Crippen molar-refractivity contribution in [2.24, 2.45) is 0 Å². The number of ether oxygens (including phenoxy) is 2. The molecule has 4 atom stereocenters. The summed E-state index contributed by atoms with van der Waals surface area (Å²) >= 11 is 0. The van der Waals surface area contributed by atoms with E-state index in [1.807, 2.05) is 12.1 Å². The Morgan fingerprint density at radius 1 is 1.42 bits per heavy atom. The monoisotopic (exact) mass is 263 g/mol. The lowest BCUT2D eigenvalue weighted by molar-refractivity contribution is 0.0962. The molecule has 0 radical (unpaired) electrons. The Kier molecular flexibility index (Phi) is 3.37. The van der Waals surface area contributed by atoms with Crippen LogP contribution in [0.1, 0.15) is 37.8 Å². The lowest BCUT2D eigenvalue weighted by Gasteiger charge is -2.25. The van der Waals surface area contributed by atoms with Crippen LogP contribution in [0.25, 0.3) is 0 Å². The number of nitrogens with one attached hydrogen (secondary N) is 1. The van der Waals surface area contributed by atoms with Crippen molar-refractivity contribution in [3.8, 4) is 11.5 Å². The second kappa shape index (κ2) is 5.02. The highest BCUT2D eigenvalue weighted by atomic mass is 16.5. The van der Waals surface area contributed by atoms with E-state index in [0.29, 0.717) is 24.0 Å². The van der Waals surface area contributed by atoms with E-state index in [-0.39, 0.29) is 11.8 Å². The minimum atomic E-state index is 0.110. The Labute approximate surface area is 113 Å². The molecule has 4 heteroatoms. The zero-order valence-corrected chi connectivity index (χ0v) is 11.4. The zero-order chi connectivity index (χ0) is 13.4. The quantitative estimate of drug-likeness (QED) is 0.875. The molecule has 0 saturated carbocycles. The van der Waals surface area contributed by atoms with Gasteiger partial charge >= 0.3 is 0 Å². The van der Waals surface area contributed by atoms with Crippen LogP contribution >= 0.6 is 0 Å². The number of phenols is 1. The van der Waals surface area contributed by atoms with Crippen molar-refractivity contribution in [2.45, 2.75) is 50.5 Å². The van der Waals surface area contributed by atoms with E-state index in [2.05, 4.69) is 12.2 Å². The Hall–Kier alpha value is -1.26. The average Bonchev–Trinajstić information content (AvgIpc) is 3.00. The van der Waals surface area contributed by atoms with E-state index in [1.54, 1.807) is 13.2 Å². The van der Waals surface area contributed by atoms with Gasteiger partial charge in [-0.15, -0.1) is 0 Å². The molecule has 1 aromatic carbocycles. The molecule has 0 spiro atoms. The number of fused-ring (bicyclic) bond motifs is 2. The standard InChI is InChI=1S/C15H21NO3/c1-9(12-5-3-10(18-2)8-14(12)17)16-13-7-11-4-6-15(13)19-11/h3,5,8-9,11,13,15-17H,4,6-7H2,1-2H3. The number of aromatic hydroxyl groups is 1. The molecular weight excluding hydrogens is 242 g/mol. The summed E-state index contributed by atoms with van der Waals surface area (Å²) in [6.45, 7) is 2.08. The van der Waals surface area contributed by atoms with Crippen LogP contribution in [0.15, 0.2) is 18.2 Å². The van der Waals surface area contributed by atoms with Gasteiger partial charge in [0, 0.05) is 23.7 Å². The van der Waals surface area contributed by atoms with E-state index < -0.39 is 0 Å². The third-order valence-electron chi connectivity index (χ3n) is 4.27. The minimum Gasteiger partial charge on any atom is -0.507 e. The van der Waals surface area contributed by atoms with E-state index in [9.17, 15) is 5.11 Å². The summed E-state index contributed by atoms with van der Waals surface area (Å²) in [7, 11) is 1.60. The van der Waals surface area contributed by atoms with E-state index in [4.69, 9.17) is 9.47 Å². The first kappa shape index (κ1) is 12.8. The third kappa shape index (κ3) is 2.42. The average molecular weight is 263 g/mol. The lowest BCUT2D eigenvalue weighted by Crippen LogP contribution is -2.38. The highest BCUT2D eigenvalue weighted by Gasteiger charge is 2.41. The van der Waals surface area contributed by atoms with Crippen LogP contribution < -0.4 is 10.1 Å². The molecule has 2 fully saturated rings. The van der Waals surface area contributed by atoms with Gasteiger partial charge in [-0.3, -0.25) is 0 Å². The number of benzene rings is 1. The molecule has 2 bridgehead atoms. The molecule has 0 aromatic heterocycles. The van der Waals surface area contributed by atoms with Crippen molar-refractivity contribution in [1.82, 2.24) is 5.32 Å². The fraction of sp³-hybridized carbons (Fsp3) is 0.600. The zero-order valence-electron chi connectivity index (χ0n) is 11.4. The van der Waals surface area contributed by atoms with Gasteiger partial charge in [-0.2, -0.15) is 0 Å². The fourth-order valence-corrected chi connectivity index (χ4v) is 3.24. The Bertz CT molecular complexity index is 463. The summed E-state index contributed by atoms with van der Waals surface area (Å²) in [6, 6.07) is 5.98. The van der Waals surface area contributed by atoms with E-state index in [0.717, 1.165) is 18.4 Å². The van der Waals surface area contributed by atoms with Crippen LogP contribution in [0.3, 0.4) is 0 Å². The van der Waals surface area contributed by atoms with Gasteiger partial charge in [-0.1, -0.05) is 6.07 Å². The van der Waals surface area contributed by atoms with Crippen LogP contribution in [0.2, 0.25) is 0 Å². The summed E-state index contributed by atoms with van der Waals surface area (Å²) in [5.74, 6) is 0.958. The second-order valence-corrected chi connectivity index (χ2v) is 5.53. The number of phenolic OH excluding ortho intramolecular Hbond substituents is 1. The van der Waals surface area contributed by atoms with E-state index in [1.165, 1.54) is 6.42 Å². The van der Waals surface area contributed by atoms with Crippen molar-refractivity contribution in [3.63, 3.8) is 0 Å². The topological polar surface area (TPSA) is 50.7 Å². The molecule has 0 aliphatic carbocycles. The molecule has 2 N–H and O–H groups in total. The molecule has 2 aliphatic rings. The molecule has 0 amide bonds. The van der Waals surface area contributed by atoms with Crippen LogP contribution in [-0.4, -0.2) is 30.5 Å². The maximum Gasteiger partial charge on any atom is 0.124 e. The maximum atomic E-state index is 10.0. The Balaban J connectivity index is 1.68. The van der Waals surface area contributed by atoms with Gasteiger partial charge in [0.1, 0.15) is 11.5 Å². The minimum absolute atomic E-state index is 0.110. The smallest absolute Gasteiger partial charge is 0.124 e. The van der Waals surface area contributed by atoms with Crippen molar-refractivity contribution >= 4 is 0 Å². The van der Waals surface area contributed by atoms with Gasteiger partial charge in [0.15, 0.2) is 0 Å². The molecule has 2 aliphatic heterocycles. The summed E-state index contributed by atoms with van der Waals surface area (Å²) < 4.78 is 10.9. The highest BCUT2D eigenvalue weighted by molar-refractivity contribution is 5.41. The van der Waals surface area contributed by atoms with Crippen molar-refractivity contribution < 1.29 is 14.6 Å². The van der Waals surface area contributed by atoms with Crippen LogP contribution in [0.5, 0.6) is 11.5 Å². The van der Waals surface area contributed by atoms with Crippen molar-refractivity contribution in [3.05, 3.63) is 23.8 Å². The molecular formula is C15H21NO3. The summed E-state index contributed by atoms with van der Waals surface area (Å²) in [5, 5.41) is 13.6. The predicted molar refractivity (Wildman–Crippen MR) is 72.5 cm³/mol. The second-order valence-electron chi connectivity index (χ2n) is 5.53. The fourth-order valence-electron chi connectivity index (χ4n) is 3.24. The molecule has 1 aromatic rings. The predicted octanol–water partition coefficient (Wildman–Crippen LogP) is 2.37. The highest BCUT2D eigenvalue weighted by Crippen LogP contribution is 2.36. The lowest BCUT2D eigenvalue weighted by atomic mass is 9.94. The van der Waals surface area contributed by atoms with Crippen LogP contribution in [0, 0.1) is 0 Å². The van der Waals surface area contributed by atoms with Gasteiger partial charge in [0.25, 0.3) is 0 Å². The first-order valence-electron chi connectivity index (χ1n) is 6.96. The van der Waals surface area contributed by atoms with E-state index >= 15 is 0 Å². The summed E-state index contributed by atoms with van der Waals surface area (Å²) in [6.07, 6.45) is 4.24. The molecule has 2 saturated heterocycles. The SMILES string of the molecule is COc1ccc(C(C)NC2CC3CCC2O3)c(O)c1. The van der Waals surface area contributed by atoms with Crippen LogP contribution in [0.4, 0.5) is 0 Å². The van der Waals surface area contributed by atoms with Gasteiger partial charge in [0.05, 0.1) is 19.3 Å². The molecule has 3 rings (SSSR count). The van der Waals surface area contributed by atoms with Gasteiger partial charge < -0.3 is 19.9 Å². The van der Waals surface area contributed by atoms with Gasteiger partial charge in [-0.05, 0) is 32.3 Å². The molecule has 19 heavy (non-hydrogen) atoms. The molecule has 4 nitrogen and oxygen atoms in total. The Morgan fingerprint density at radius 2 is 2.26 bits per heavy atom. The van der Waals surface area contributed by atoms with Gasteiger partial charge in [0.2, 0.25) is 0 Å². The van der Waals surface area contributed by atoms with Crippen LogP contribution in [-0.2, 0) is 4.74 Å². The Morgan fingerprint density at radius 3 is 2.84 bits per heavy atom. The van der Waals surface area contributed by atoms with Crippen molar-refractivity contribution in [1.29, 1.82) is 0 Å². The number of methoxy groups -OCH3 is 1. The summed E-state index contributed by atoms with van der Waals surface area (Å²) in [4.78, 5) is 0. The van der Waals surface area contributed by atoms with Crippen molar-refractivity contribution in [2.75, 3.05) is 7.11 Å². The number of rotatable bonds is 4. The molecule has 2 heterocycles. The molecule has 104 valence electrons. The largest absolute Gasteiger partial charge is 0.507 e. The third-order valence-corrected chi connectivity index (χ3v) is 4.27. The first-order chi connectivity index (χ1) is 9.17. The first-order valence-corrected chi connectivity index (χ1v) is 6.96. The number of hydrogen-bond donors (Lipinski definition) is 2. The van der Waals surface area contributed by atoms with Gasteiger partial charge in [-0.25, -0.2) is 0 Å². The maximum absolute atomic E-state index is 10.0. The molecule has 4 unspecified atom stereocenters. The number of hydrogen-bond acceptors (Lipinski definition) is 4. The normalized spacial score (nSPS) is 30.5.